The van der Waals surface area contributed by atoms with Gasteiger partial charge < -0.3 is 15.2 Å². The van der Waals surface area contributed by atoms with Crippen LogP contribution in [0.5, 0.6) is 0 Å². The standard InChI is InChI=1S/C23H26N6S.HI/c1-3-24-23(27-14-22-25-12-17(2)30-22)26-13-18-8-10-19(11-9-18)15-29-16-28-20-6-4-5-7-21(20)29;/h4-12,16H,3,13-15H2,1-2H3,(H2,24,26,27);1H. The van der Waals surface area contributed by atoms with Crippen LogP contribution in [-0.2, 0) is 19.6 Å². The van der Waals surface area contributed by atoms with Gasteiger partial charge in [-0.05, 0) is 37.1 Å². The fraction of sp³-hybridized carbons (Fsp3) is 0.261. The molecule has 0 aliphatic rings. The van der Waals surface area contributed by atoms with E-state index >= 15 is 0 Å². The normalized spacial score (nSPS) is 11.4. The van der Waals surface area contributed by atoms with Crippen molar-refractivity contribution in [3.8, 4) is 0 Å². The highest BCUT2D eigenvalue weighted by Gasteiger charge is 2.04. The Labute approximate surface area is 203 Å². The number of hydrogen-bond donors (Lipinski definition) is 2. The molecule has 162 valence electrons. The quantitative estimate of drug-likeness (QED) is 0.200. The Kier molecular flexibility index (Phi) is 8.42. The number of rotatable bonds is 7. The van der Waals surface area contributed by atoms with Crippen LogP contribution in [-0.4, -0.2) is 27.0 Å². The maximum absolute atomic E-state index is 4.71. The van der Waals surface area contributed by atoms with Crippen LogP contribution in [0.4, 0.5) is 0 Å². The van der Waals surface area contributed by atoms with Gasteiger partial charge >= 0.3 is 0 Å². The van der Waals surface area contributed by atoms with Gasteiger partial charge in [-0.15, -0.1) is 35.3 Å². The maximum Gasteiger partial charge on any atom is 0.191 e. The highest BCUT2D eigenvalue weighted by Crippen LogP contribution is 2.15. The van der Waals surface area contributed by atoms with Crippen LogP contribution < -0.4 is 10.6 Å². The first-order chi connectivity index (χ1) is 14.7. The van der Waals surface area contributed by atoms with E-state index in [9.17, 15) is 0 Å². The first-order valence-electron chi connectivity index (χ1n) is 10.1. The van der Waals surface area contributed by atoms with Gasteiger partial charge in [-0.1, -0.05) is 36.4 Å². The molecular formula is C23H27IN6S. The van der Waals surface area contributed by atoms with E-state index in [1.165, 1.54) is 16.0 Å². The highest BCUT2D eigenvalue weighted by molar-refractivity contribution is 14.0. The summed E-state index contributed by atoms with van der Waals surface area (Å²) in [6, 6.07) is 16.8. The van der Waals surface area contributed by atoms with Crippen molar-refractivity contribution in [2.24, 2.45) is 4.99 Å². The smallest absolute Gasteiger partial charge is 0.191 e. The molecule has 0 atom stereocenters. The Bertz CT molecular complexity index is 1130. The number of nitrogens with zero attached hydrogens (tertiary/aromatic N) is 4. The summed E-state index contributed by atoms with van der Waals surface area (Å²) in [5.41, 5.74) is 4.61. The molecule has 0 bridgehead atoms. The molecule has 0 aliphatic carbocycles. The third kappa shape index (κ3) is 6.27. The zero-order chi connectivity index (χ0) is 20.8. The highest BCUT2D eigenvalue weighted by atomic mass is 127. The molecule has 0 spiro atoms. The first-order valence-corrected chi connectivity index (χ1v) is 10.9. The number of nitrogens with one attached hydrogen (secondary N) is 2. The summed E-state index contributed by atoms with van der Waals surface area (Å²) >= 11 is 1.70. The van der Waals surface area contributed by atoms with E-state index in [-0.39, 0.29) is 24.0 Å². The van der Waals surface area contributed by atoms with Crippen LogP contribution >= 0.6 is 35.3 Å². The lowest BCUT2D eigenvalue weighted by Crippen LogP contribution is -2.36. The van der Waals surface area contributed by atoms with Crippen LogP contribution in [0.3, 0.4) is 0 Å². The van der Waals surface area contributed by atoms with E-state index < -0.39 is 0 Å². The minimum atomic E-state index is 0. The van der Waals surface area contributed by atoms with Gasteiger partial charge in [0.15, 0.2) is 5.96 Å². The Morgan fingerprint density at radius 2 is 1.81 bits per heavy atom. The molecule has 2 aromatic carbocycles. The number of guanidine groups is 1. The number of imidazole rings is 1. The predicted octanol–water partition coefficient (Wildman–Crippen LogP) is 4.72. The molecule has 0 amide bonds. The summed E-state index contributed by atoms with van der Waals surface area (Å²) in [5.74, 6) is 0.805. The molecule has 6 nitrogen and oxygen atoms in total. The van der Waals surface area contributed by atoms with Gasteiger partial charge in [0.2, 0.25) is 0 Å². The molecule has 0 saturated carbocycles. The van der Waals surface area contributed by atoms with Crippen LogP contribution in [0, 0.1) is 6.92 Å². The monoisotopic (exact) mass is 546 g/mol. The van der Waals surface area contributed by atoms with E-state index in [1.807, 2.05) is 30.7 Å². The number of thiazole rings is 1. The number of fused-ring (bicyclic) bond motifs is 1. The molecule has 4 aromatic rings. The zero-order valence-corrected chi connectivity index (χ0v) is 20.9. The van der Waals surface area contributed by atoms with Crippen molar-refractivity contribution in [2.75, 3.05) is 6.54 Å². The van der Waals surface area contributed by atoms with Gasteiger partial charge in [0.05, 0.1) is 30.5 Å². The molecule has 0 saturated heterocycles. The third-order valence-electron chi connectivity index (χ3n) is 4.74. The third-order valence-corrected chi connectivity index (χ3v) is 5.66. The summed E-state index contributed by atoms with van der Waals surface area (Å²) in [6.45, 7) is 7.07. The molecule has 2 aromatic heterocycles. The van der Waals surface area contributed by atoms with E-state index in [4.69, 9.17) is 4.99 Å². The van der Waals surface area contributed by atoms with Crippen LogP contribution in [0.1, 0.15) is 27.9 Å². The largest absolute Gasteiger partial charge is 0.357 e. The summed E-state index contributed by atoms with van der Waals surface area (Å²) in [4.78, 5) is 14.8. The SMILES string of the molecule is CCNC(=NCc1ccc(Cn2cnc3ccccc32)cc1)NCc1ncc(C)s1.I. The lowest BCUT2D eigenvalue weighted by atomic mass is 10.1. The number of para-hydroxylation sites is 2. The fourth-order valence-electron chi connectivity index (χ4n) is 3.24. The molecule has 2 heterocycles. The number of hydrogen-bond acceptors (Lipinski definition) is 4. The second-order valence-corrected chi connectivity index (χ2v) is 8.41. The maximum atomic E-state index is 4.71. The molecule has 0 aliphatic heterocycles. The van der Waals surface area contributed by atoms with Crippen molar-refractivity contribution < 1.29 is 0 Å². The van der Waals surface area contributed by atoms with Crippen molar-refractivity contribution in [2.45, 2.75) is 33.5 Å². The molecule has 8 heteroatoms. The Morgan fingerprint density at radius 1 is 1.03 bits per heavy atom. The van der Waals surface area contributed by atoms with Gasteiger partial charge in [0.1, 0.15) is 5.01 Å². The minimum Gasteiger partial charge on any atom is -0.357 e. The molecular weight excluding hydrogens is 519 g/mol. The number of aryl methyl sites for hydroxylation is 1. The second-order valence-electron chi connectivity index (χ2n) is 7.09. The van der Waals surface area contributed by atoms with Crippen molar-refractivity contribution in [3.63, 3.8) is 0 Å². The van der Waals surface area contributed by atoms with Crippen LogP contribution in [0.25, 0.3) is 11.0 Å². The van der Waals surface area contributed by atoms with E-state index in [0.29, 0.717) is 13.1 Å². The van der Waals surface area contributed by atoms with Gasteiger partial charge in [0.25, 0.3) is 0 Å². The van der Waals surface area contributed by atoms with Crippen LogP contribution in [0.15, 0.2) is 66.0 Å². The lowest BCUT2D eigenvalue weighted by molar-refractivity contribution is 0.810. The van der Waals surface area contributed by atoms with Crippen molar-refractivity contribution in [1.29, 1.82) is 0 Å². The van der Waals surface area contributed by atoms with Crippen molar-refractivity contribution in [3.05, 3.63) is 82.1 Å². The molecule has 0 fully saturated rings. The van der Waals surface area contributed by atoms with Gasteiger partial charge in [-0.25, -0.2) is 15.0 Å². The van der Waals surface area contributed by atoms with Gasteiger partial charge in [-0.2, -0.15) is 0 Å². The van der Waals surface area contributed by atoms with Gasteiger partial charge in [-0.3, -0.25) is 0 Å². The number of halogens is 1. The minimum absolute atomic E-state index is 0. The summed E-state index contributed by atoms with van der Waals surface area (Å²) in [5, 5.41) is 7.71. The Morgan fingerprint density at radius 3 is 2.55 bits per heavy atom. The van der Waals surface area contributed by atoms with E-state index in [2.05, 4.69) is 69.3 Å². The Balaban J connectivity index is 0.00000272. The average molecular weight is 546 g/mol. The number of benzene rings is 2. The van der Waals surface area contributed by atoms with Crippen molar-refractivity contribution >= 4 is 52.3 Å². The first kappa shape index (κ1) is 23.2. The predicted molar refractivity (Wildman–Crippen MR) is 139 cm³/mol. The molecule has 2 N–H and O–H groups in total. The van der Waals surface area contributed by atoms with Crippen LogP contribution in [0.2, 0.25) is 0 Å². The molecule has 0 radical (unpaired) electrons. The van der Waals surface area contributed by atoms with Gasteiger partial charge in [0, 0.05) is 24.2 Å². The molecule has 31 heavy (non-hydrogen) atoms. The number of aliphatic imine (C=N–C) groups is 1. The Hall–Kier alpha value is -2.46. The zero-order valence-electron chi connectivity index (χ0n) is 17.7. The summed E-state index contributed by atoms with van der Waals surface area (Å²) in [6.07, 6.45) is 3.81. The summed E-state index contributed by atoms with van der Waals surface area (Å²) < 4.78 is 2.18. The lowest BCUT2D eigenvalue weighted by Gasteiger charge is -2.10. The van der Waals surface area contributed by atoms with Crippen molar-refractivity contribution in [1.82, 2.24) is 25.2 Å². The average Bonchev–Trinajstić information content (AvgIpc) is 3.37. The summed E-state index contributed by atoms with van der Waals surface area (Å²) in [7, 11) is 0. The molecule has 0 unspecified atom stereocenters. The van der Waals surface area contributed by atoms with E-state index in [0.717, 1.165) is 35.1 Å². The van der Waals surface area contributed by atoms with E-state index in [1.54, 1.807) is 11.3 Å². The molecule has 4 rings (SSSR count). The fourth-order valence-corrected chi connectivity index (χ4v) is 3.96. The number of aromatic nitrogens is 3. The topological polar surface area (TPSA) is 67.1 Å². The second kappa shape index (κ2) is 11.2.